The standard InChI is InChI=1S/C16H23NO3/c1-15(2,12-5-7-13(20-3)8-6-12)14(18)17-11-16(19)9-4-10-16/h5-8,19H,4,9-11H2,1-3H3,(H,17,18). The van der Waals surface area contributed by atoms with Crippen molar-refractivity contribution in [3.63, 3.8) is 0 Å². The molecule has 1 aliphatic carbocycles. The van der Waals surface area contributed by atoms with E-state index < -0.39 is 11.0 Å². The molecule has 1 amide bonds. The van der Waals surface area contributed by atoms with Crippen molar-refractivity contribution in [2.75, 3.05) is 13.7 Å². The van der Waals surface area contributed by atoms with Crippen molar-refractivity contribution >= 4 is 5.91 Å². The number of nitrogens with one attached hydrogen (secondary N) is 1. The highest BCUT2D eigenvalue weighted by Crippen LogP contribution is 2.31. The number of aliphatic hydroxyl groups is 1. The first-order valence-corrected chi connectivity index (χ1v) is 7.03. The number of benzene rings is 1. The van der Waals surface area contributed by atoms with E-state index in [0.717, 1.165) is 30.6 Å². The summed E-state index contributed by atoms with van der Waals surface area (Å²) in [4.78, 5) is 12.4. The Balaban J connectivity index is 2.01. The van der Waals surface area contributed by atoms with Crippen molar-refractivity contribution in [2.24, 2.45) is 0 Å². The lowest BCUT2D eigenvalue weighted by Crippen LogP contribution is -2.51. The summed E-state index contributed by atoms with van der Waals surface area (Å²) in [6.07, 6.45) is 2.58. The largest absolute Gasteiger partial charge is 0.497 e. The second-order valence-corrected chi connectivity index (χ2v) is 6.11. The molecule has 0 unspecified atom stereocenters. The van der Waals surface area contributed by atoms with E-state index in [1.807, 2.05) is 38.1 Å². The molecular weight excluding hydrogens is 254 g/mol. The van der Waals surface area contributed by atoms with Crippen molar-refractivity contribution in [3.05, 3.63) is 29.8 Å². The summed E-state index contributed by atoms with van der Waals surface area (Å²) in [5.74, 6) is 0.705. The lowest BCUT2D eigenvalue weighted by atomic mass is 9.79. The normalized spacial score (nSPS) is 17.2. The van der Waals surface area contributed by atoms with Crippen LogP contribution in [0.2, 0.25) is 0 Å². The van der Waals surface area contributed by atoms with Gasteiger partial charge in [-0.25, -0.2) is 0 Å². The number of carbonyl (C=O) groups excluding carboxylic acids is 1. The number of amides is 1. The van der Waals surface area contributed by atoms with E-state index in [4.69, 9.17) is 4.74 Å². The Bertz CT molecular complexity index is 475. The fourth-order valence-electron chi connectivity index (χ4n) is 2.37. The zero-order valence-electron chi connectivity index (χ0n) is 12.4. The van der Waals surface area contributed by atoms with Crippen molar-refractivity contribution < 1.29 is 14.6 Å². The maximum absolute atomic E-state index is 12.4. The number of hydrogen-bond donors (Lipinski definition) is 2. The summed E-state index contributed by atoms with van der Waals surface area (Å²) in [5.41, 5.74) is -0.394. The Hall–Kier alpha value is -1.55. The molecule has 0 saturated heterocycles. The molecule has 0 aromatic heterocycles. The van der Waals surface area contributed by atoms with Gasteiger partial charge in [-0.05, 0) is 50.8 Å². The molecule has 0 bridgehead atoms. The molecule has 4 nitrogen and oxygen atoms in total. The summed E-state index contributed by atoms with van der Waals surface area (Å²) < 4.78 is 5.12. The minimum Gasteiger partial charge on any atom is -0.497 e. The molecule has 2 N–H and O–H groups in total. The summed E-state index contributed by atoms with van der Waals surface area (Å²) in [6.45, 7) is 4.11. The zero-order chi connectivity index (χ0) is 14.8. The van der Waals surface area contributed by atoms with Crippen molar-refractivity contribution in [1.29, 1.82) is 0 Å². The second kappa shape index (κ2) is 5.44. The van der Waals surface area contributed by atoms with Gasteiger partial charge in [-0.2, -0.15) is 0 Å². The number of methoxy groups -OCH3 is 1. The van der Waals surface area contributed by atoms with Gasteiger partial charge < -0.3 is 15.2 Å². The monoisotopic (exact) mass is 277 g/mol. The minimum absolute atomic E-state index is 0.0667. The number of rotatable bonds is 5. The number of ether oxygens (including phenoxy) is 1. The summed E-state index contributed by atoms with van der Waals surface area (Å²) in [7, 11) is 1.62. The third-order valence-electron chi connectivity index (χ3n) is 4.24. The maximum Gasteiger partial charge on any atom is 0.230 e. The van der Waals surface area contributed by atoms with Gasteiger partial charge in [0.15, 0.2) is 0 Å². The Kier molecular flexibility index (Phi) is 4.04. The highest BCUT2D eigenvalue weighted by atomic mass is 16.5. The van der Waals surface area contributed by atoms with Crippen LogP contribution in [-0.2, 0) is 10.2 Å². The molecule has 1 aromatic carbocycles. The average molecular weight is 277 g/mol. The van der Waals surface area contributed by atoms with Gasteiger partial charge in [-0.15, -0.1) is 0 Å². The van der Waals surface area contributed by atoms with Gasteiger partial charge in [-0.3, -0.25) is 4.79 Å². The van der Waals surface area contributed by atoms with Crippen molar-refractivity contribution in [3.8, 4) is 5.75 Å². The van der Waals surface area contributed by atoms with Gasteiger partial charge in [0.1, 0.15) is 5.75 Å². The van der Waals surface area contributed by atoms with Gasteiger partial charge in [0.25, 0.3) is 0 Å². The molecule has 0 spiro atoms. The maximum atomic E-state index is 12.4. The van der Waals surface area contributed by atoms with Gasteiger partial charge in [0, 0.05) is 6.54 Å². The first kappa shape index (κ1) is 14.9. The van der Waals surface area contributed by atoms with E-state index in [1.54, 1.807) is 7.11 Å². The molecule has 1 aliphatic rings. The Morgan fingerprint density at radius 2 is 1.95 bits per heavy atom. The van der Waals surface area contributed by atoms with Gasteiger partial charge in [-0.1, -0.05) is 12.1 Å². The fraction of sp³-hybridized carbons (Fsp3) is 0.562. The van der Waals surface area contributed by atoms with E-state index in [-0.39, 0.29) is 5.91 Å². The summed E-state index contributed by atoms with van der Waals surface area (Å²) in [6, 6.07) is 7.50. The predicted molar refractivity (Wildman–Crippen MR) is 77.8 cm³/mol. The van der Waals surface area contributed by atoms with Crippen LogP contribution < -0.4 is 10.1 Å². The smallest absolute Gasteiger partial charge is 0.230 e. The third-order valence-corrected chi connectivity index (χ3v) is 4.24. The van der Waals surface area contributed by atoms with Gasteiger partial charge >= 0.3 is 0 Å². The number of carbonyl (C=O) groups is 1. The lowest BCUT2D eigenvalue weighted by molar-refractivity contribution is -0.128. The van der Waals surface area contributed by atoms with Crippen LogP contribution in [0.25, 0.3) is 0 Å². The first-order chi connectivity index (χ1) is 9.37. The Morgan fingerprint density at radius 3 is 2.40 bits per heavy atom. The van der Waals surface area contributed by atoms with Gasteiger partial charge in [0.05, 0.1) is 18.1 Å². The lowest BCUT2D eigenvalue weighted by Gasteiger charge is -2.37. The second-order valence-electron chi connectivity index (χ2n) is 6.11. The zero-order valence-corrected chi connectivity index (χ0v) is 12.4. The topological polar surface area (TPSA) is 58.6 Å². The van der Waals surface area contributed by atoms with Crippen LogP contribution in [0.3, 0.4) is 0 Å². The van der Waals surface area contributed by atoms with Crippen LogP contribution in [-0.4, -0.2) is 30.3 Å². The van der Waals surface area contributed by atoms with Crippen molar-refractivity contribution in [2.45, 2.75) is 44.1 Å². The highest BCUT2D eigenvalue weighted by Gasteiger charge is 2.37. The molecule has 0 atom stereocenters. The quantitative estimate of drug-likeness (QED) is 0.865. The molecule has 1 aromatic rings. The minimum atomic E-state index is -0.689. The van der Waals surface area contributed by atoms with Crippen LogP contribution in [0, 0.1) is 0 Å². The van der Waals surface area contributed by atoms with E-state index in [0.29, 0.717) is 6.54 Å². The molecule has 2 rings (SSSR count). The molecule has 0 aliphatic heterocycles. The number of hydrogen-bond acceptors (Lipinski definition) is 3. The van der Waals surface area contributed by atoms with Crippen LogP contribution in [0.5, 0.6) is 5.75 Å². The Morgan fingerprint density at radius 1 is 1.35 bits per heavy atom. The first-order valence-electron chi connectivity index (χ1n) is 7.03. The van der Waals surface area contributed by atoms with Crippen LogP contribution in [0.15, 0.2) is 24.3 Å². The van der Waals surface area contributed by atoms with Crippen LogP contribution in [0.1, 0.15) is 38.7 Å². The molecule has 0 radical (unpaired) electrons. The molecule has 0 heterocycles. The molecule has 20 heavy (non-hydrogen) atoms. The van der Waals surface area contributed by atoms with E-state index >= 15 is 0 Å². The summed E-state index contributed by atoms with van der Waals surface area (Å²) >= 11 is 0. The molecule has 110 valence electrons. The SMILES string of the molecule is COc1ccc(C(C)(C)C(=O)NCC2(O)CCC2)cc1. The van der Waals surface area contributed by atoms with Crippen molar-refractivity contribution in [1.82, 2.24) is 5.32 Å². The summed E-state index contributed by atoms with van der Waals surface area (Å²) in [5, 5.41) is 12.9. The predicted octanol–water partition coefficient (Wildman–Crippen LogP) is 2.00. The average Bonchev–Trinajstić information content (AvgIpc) is 2.42. The van der Waals surface area contributed by atoms with Crippen LogP contribution >= 0.6 is 0 Å². The molecular formula is C16H23NO3. The highest BCUT2D eigenvalue weighted by molar-refractivity contribution is 5.87. The van der Waals surface area contributed by atoms with Crippen LogP contribution in [0.4, 0.5) is 0 Å². The molecule has 1 fully saturated rings. The van der Waals surface area contributed by atoms with Gasteiger partial charge in [0.2, 0.25) is 5.91 Å². The molecule has 1 saturated carbocycles. The third kappa shape index (κ3) is 2.96. The Labute approximate surface area is 120 Å². The van der Waals surface area contributed by atoms with E-state index in [2.05, 4.69) is 5.32 Å². The molecule has 4 heteroatoms. The van der Waals surface area contributed by atoms with E-state index in [1.165, 1.54) is 0 Å². The van der Waals surface area contributed by atoms with E-state index in [9.17, 15) is 9.90 Å². The fourth-order valence-corrected chi connectivity index (χ4v) is 2.37.